The molecule has 132 valence electrons. The van der Waals surface area contributed by atoms with E-state index >= 15 is 0 Å². The number of amides is 1. The average molecular weight is 356 g/mol. The summed E-state index contributed by atoms with van der Waals surface area (Å²) in [5.74, 6) is 0.489. The van der Waals surface area contributed by atoms with Crippen LogP contribution in [0.4, 0.5) is 0 Å². The minimum Gasteiger partial charge on any atom is -0.336 e. The number of rotatable bonds is 3. The molecule has 2 heterocycles. The fourth-order valence-corrected chi connectivity index (χ4v) is 4.37. The van der Waals surface area contributed by atoms with Crippen LogP contribution in [0.5, 0.6) is 0 Å². The number of carbonyl (C=O) groups excluding carboxylic acids is 1. The Balaban J connectivity index is 1.88. The van der Waals surface area contributed by atoms with E-state index in [4.69, 9.17) is 10.2 Å². The molecule has 0 spiro atoms. The number of nitrogens with one attached hydrogen (secondary N) is 1. The number of nitrogens with zero attached hydrogens (tertiary/aromatic N) is 2. The van der Waals surface area contributed by atoms with Crippen LogP contribution in [-0.4, -0.2) is 16.9 Å². The van der Waals surface area contributed by atoms with Gasteiger partial charge in [-0.05, 0) is 54.7 Å². The SMILES string of the molecule is CC[C@@H](C#N)NC(=O)c1cc2cc3c(nc2s1)CCC(C(C)(C)C)C3. The molecule has 0 aromatic carbocycles. The first-order chi connectivity index (χ1) is 11.8. The van der Waals surface area contributed by atoms with Gasteiger partial charge in [-0.15, -0.1) is 11.3 Å². The summed E-state index contributed by atoms with van der Waals surface area (Å²) in [5.41, 5.74) is 2.82. The molecule has 0 saturated carbocycles. The summed E-state index contributed by atoms with van der Waals surface area (Å²) >= 11 is 1.41. The second kappa shape index (κ2) is 6.76. The van der Waals surface area contributed by atoms with Crippen molar-refractivity contribution < 1.29 is 4.79 Å². The molecule has 1 aliphatic carbocycles. The van der Waals surface area contributed by atoms with Crippen molar-refractivity contribution in [3.63, 3.8) is 0 Å². The number of aromatic nitrogens is 1. The van der Waals surface area contributed by atoms with Crippen LogP contribution in [0.15, 0.2) is 12.1 Å². The van der Waals surface area contributed by atoms with E-state index in [1.54, 1.807) is 0 Å². The highest BCUT2D eigenvalue weighted by Crippen LogP contribution is 2.38. The van der Waals surface area contributed by atoms with Gasteiger partial charge in [0.05, 0.1) is 10.9 Å². The molecule has 0 bridgehead atoms. The smallest absolute Gasteiger partial charge is 0.262 e. The van der Waals surface area contributed by atoms with Crippen molar-refractivity contribution in [3.05, 3.63) is 28.3 Å². The first-order valence-corrected chi connectivity index (χ1v) is 9.76. The molecule has 3 rings (SSSR count). The van der Waals surface area contributed by atoms with Gasteiger partial charge in [-0.1, -0.05) is 27.7 Å². The van der Waals surface area contributed by atoms with Gasteiger partial charge in [0.1, 0.15) is 10.9 Å². The number of hydrogen-bond acceptors (Lipinski definition) is 4. The molecule has 1 N–H and O–H groups in total. The van der Waals surface area contributed by atoms with Crippen molar-refractivity contribution in [1.29, 1.82) is 5.26 Å². The molecular formula is C20H25N3OS. The maximum atomic E-state index is 12.4. The molecule has 0 fully saturated rings. The standard InChI is InChI=1S/C20H25N3OS/c1-5-15(11-21)22-18(24)17-10-13-8-12-9-14(20(2,3)4)6-7-16(12)23-19(13)25-17/h8,10,14-15H,5-7,9H2,1-4H3,(H,22,24)/t14?,15-/m0/s1. The van der Waals surface area contributed by atoms with E-state index in [1.807, 2.05) is 13.0 Å². The Labute approximate surface area is 153 Å². The molecule has 2 aromatic rings. The third-order valence-electron chi connectivity index (χ3n) is 5.19. The highest BCUT2D eigenvalue weighted by atomic mass is 32.1. The zero-order valence-electron chi connectivity index (χ0n) is 15.3. The lowest BCUT2D eigenvalue weighted by Gasteiger charge is -2.34. The molecular weight excluding hydrogens is 330 g/mol. The predicted molar refractivity (Wildman–Crippen MR) is 102 cm³/mol. The zero-order valence-corrected chi connectivity index (χ0v) is 16.2. The second-order valence-electron chi connectivity index (χ2n) is 7.97. The molecule has 4 nitrogen and oxygen atoms in total. The van der Waals surface area contributed by atoms with Crippen molar-refractivity contribution in [2.45, 2.75) is 59.4 Å². The van der Waals surface area contributed by atoms with Crippen LogP contribution in [0.25, 0.3) is 10.2 Å². The number of pyridine rings is 1. The number of hydrogen-bond donors (Lipinski definition) is 1. The Bertz CT molecular complexity index is 841. The third-order valence-corrected chi connectivity index (χ3v) is 6.23. The van der Waals surface area contributed by atoms with Gasteiger partial charge in [-0.25, -0.2) is 4.98 Å². The maximum absolute atomic E-state index is 12.4. The van der Waals surface area contributed by atoms with E-state index < -0.39 is 6.04 Å². The van der Waals surface area contributed by atoms with Crippen molar-refractivity contribution in [2.24, 2.45) is 11.3 Å². The Kier molecular flexibility index (Phi) is 4.83. The minimum atomic E-state index is -0.438. The topological polar surface area (TPSA) is 65.8 Å². The van der Waals surface area contributed by atoms with Gasteiger partial charge >= 0.3 is 0 Å². The molecule has 2 atom stereocenters. The number of nitriles is 1. The largest absolute Gasteiger partial charge is 0.336 e. The average Bonchev–Trinajstić information content (AvgIpc) is 2.98. The molecule has 0 saturated heterocycles. The highest BCUT2D eigenvalue weighted by Gasteiger charge is 2.29. The Morgan fingerprint density at radius 3 is 2.88 bits per heavy atom. The summed E-state index contributed by atoms with van der Waals surface area (Å²) in [6.07, 6.45) is 3.85. The van der Waals surface area contributed by atoms with Crippen LogP contribution >= 0.6 is 11.3 Å². The van der Waals surface area contributed by atoms with E-state index in [-0.39, 0.29) is 5.91 Å². The van der Waals surface area contributed by atoms with E-state index in [1.165, 1.54) is 29.0 Å². The van der Waals surface area contributed by atoms with Crippen molar-refractivity contribution in [3.8, 4) is 6.07 Å². The summed E-state index contributed by atoms with van der Waals surface area (Å²) in [4.78, 5) is 18.7. The molecule has 2 aromatic heterocycles. The zero-order chi connectivity index (χ0) is 18.2. The molecule has 1 amide bonds. The van der Waals surface area contributed by atoms with Crippen LogP contribution in [0, 0.1) is 22.7 Å². The maximum Gasteiger partial charge on any atom is 0.262 e. The fourth-order valence-electron chi connectivity index (χ4n) is 3.43. The molecule has 1 aliphatic rings. The summed E-state index contributed by atoms with van der Waals surface area (Å²) in [7, 11) is 0. The quantitative estimate of drug-likeness (QED) is 0.883. The number of fused-ring (bicyclic) bond motifs is 2. The van der Waals surface area contributed by atoms with Gasteiger partial charge in [0.2, 0.25) is 0 Å². The minimum absolute atomic E-state index is 0.179. The molecule has 0 radical (unpaired) electrons. The monoisotopic (exact) mass is 355 g/mol. The van der Waals surface area contributed by atoms with Gasteiger partial charge in [-0.3, -0.25) is 4.79 Å². The van der Waals surface area contributed by atoms with Crippen LogP contribution in [-0.2, 0) is 12.8 Å². The van der Waals surface area contributed by atoms with Gasteiger partial charge < -0.3 is 5.32 Å². The van der Waals surface area contributed by atoms with E-state index in [0.717, 1.165) is 23.1 Å². The van der Waals surface area contributed by atoms with Gasteiger partial charge in [0.25, 0.3) is 5.91 Å². The normalized spacial score (nSPS) is 18.4. The molecule has 25 heavy (non-hydrogen) atoms. The first kappa shape index (κ1) is 17.9. The molecule has 0 aliphatic heterocycles. The van der Waals surface area contributed by atoms with Gasteiger partial charge in [0.15, 0.2) is 0 Å². The van der Waals surface area contributed by atoms with E-state index in [0.29, 0.717) is 22.6 Å². The third kappa shape index (κ3) is 3.69. The van der Waals surface area contributed by atoms with Crippen LogP contribution in [0.2, 0.25) is 0 Å². The van der Waals surface area contributed by atoms with Crippen molar-refractivity contribution in [2.75, 3.05) is 0 Å². The van der Waals surface area contributed by atoms with Crippen LogP contribution < -0.4 is 5.32 Å². The highest BCUT2D eigenvalue weighted by molar-refractivity contribution is 7.20. The lowest BCUT2D eigenvalue weighted by Crippen LogP contribution is -2.32. The number of aryl methyl sites for hydroxylation is 1. The number of carbonyl (C=O) groups is 1. The molecule has 1 unspecified atom stereocenters. The van der Waals surface area contributed by atoms with Crippen LogP contribution in [0.3, 0.4) is 0 Å². The lowest BCUT2D eigenvalue weighted by atomic mass is 9.71. The van der Waals surface area contributed by atoms with Gasteiger partial charge in [0, 0.05) is 11.1 Å². The summed E-state index contributed by atoms with van der Waals surface area (Å²) in [6.45, 7) is 8.81. The van der Waals surface area contributed by atoms with Crippen molar-refractivity contribution >= 4 is 27.5 Å². The lowest BCUT2D eigenvalue weighted by molar-refractivity contribution is 0.0949. The van der Waals surface area contributed by atoms with Gasteiger partial charge in [-0.2, -0.15) is 5.26 Å². The number of thiophene rings is 1. The summed E-state index contributed by atoms with van der Waals surface area (Å²) < 4.78 is 0. The second-order valence-corrected chi connectivity index (χ2v) is 9.00. The van der Waals surface area contributed by atoms with Crippen LogP contribution in [0.1, 0.15) is 61.5 Å². The Morgan fingerprint density at radius 2 is 2.24 bits per heavy atom. The van der Waals surface area contributed by atoms with Crippen molar-refractivity contribution in [1.82, 2.24) is 10.3 Å². The first-order valence-electron chi connectivity index (χ1n) is 8.94. The summed E-state index contributed by atoms with van der Waals surface area (Å²) in [5, 5.41) is 12.8. The van der Waals surface area contributed by atoms with E-state index in [9.17, 15) is 4.79 Å². The Hall–Kier alpha value is -1.93. The predicted octanol–water partition coefficient (Wildman–Crippen LogP) is 4.48. The summed E-state index contributed by atoms with van der Waals surface area (Å²) in [6, 6.07) is 5.79. The molecule has 5 heteroatoms. The Morgan fingerprint density at radius 1 is 1.48 bits per heavy atom. The van der Waals surface area contributed by atoms with E-state index in [2.05, 4.69) is 38.2 Å². The fraction of sp³-hybridized carbons (Fsp3) is 0.550.